The molecule has 0 spiro atoms. The first-order valence-corrected chi connectivity index (χ1v) is 14.0. The van der Waals surface area contributed by atoms with Crippen LogP contribution >= 0.6 is 11.6 Å². The summed E-state index contributed by atoms with van der Waals surface area (Å²) >= 11 is 5.82. The molecule has 6 nitrogen and oxygen atoms in total. The Bertz CT molecular complexity index is 1260. The molecule has 35 heavy (non-hydrogen) atoms. The quantitative estimate of drug-likeness (QED) is 0.434. The number of nitrogens with zero attached hydrogens (tertiary/aromatic N) is 3. The van der Waals surface area contributed by atoms with Gasteiger partial charge in [0.2, 0.25) is 10.0 Å². The Hall–Kier alpha value is -2.42. The van der Waals surface area contributed by atoms with E-state index in [1.54, 1.807) is 6.33 Å². The molecule has 0 radical (unpaired) electrons. The highest BCUT2D eigenvalue weighted by Crippen LogP contribution is 2.36. The van der Waals surface area contributed by atoms with Crippen LogP contribution < -0.4 is 4.90 Å². The highest BCUT2D eigenvalue weighted by atomic mass is 35.5. The lowest BCUT2D eigenvalue weighted by Crippen LogP contribution is -2.43. The minimum atomic E-state index is -3.94. The first-order valence-electron chi connectivity index (χ1n) is 12.2. The normalized spacial score (nSPS) is 19.6. The Morgan fingerprint density at radius 2 is 1.91 bits per heavy atom. The van der Waals surface area contributed by atoms with E-state index in [2.05, 4.69) is 20.9 Å². The molecule has 0 amide bonds. The van der Waals surface area contributed by atoms with Gasteiger partial charge in [-0.15, -0.1) is 0 Å². The Morgan fingerprint density at radius 3 is 2.66 bits per heavy atom. The van der Waals surface area contributed by atoms with E-state index in [4.69, 9.17) is 11.6 Å². The van der Waals surface area contributed by atoms with Crippen LogP contribution in [0.25, 0.3) is 0 Å². The number of H-pyrrole nitrogens is 1. The van der Waals surface area contributed by atoms with Crippen molar-refractivity contribution >= 4 is 27.3 Å². The molecule has 0 saturated heterocycles. The number of benzene rings is 2. The minimum absolute atomic E-state index is 0.0329. The molecule has 1 aromatic heterocycles. The fraction of sp³-hybridized carbons (Fsp3) is 0.423. The zero-order valence-corrected chi connectivity index (χ0v) is 21.1. The number of nitrogens with one attached hydrogen (secondary N) is 1. The van der Waals surface area contributed by atoms with Crippen molar-refractivity contribution in [3.8, 4) is 0 Å². The van der Waals surface area contributed by atoms with E-state index in [9.17, 15) is 12.8 Å². The van der Waals surface area contributed by atoms with Crippen LogP contribution in [-0.2, 0) is 23.1 Å². The monoisotopic (exact) mass is 516 g/mol. The van der Waals surface area contributed by atoms with Gasteiger partial charge in [0.15, 0.2) is 0 Å². The van der Waals surface area contributed by atoms with Crippen LogP contribution in [0.2, 0.25) is 5.02 Å². The molecule has 2 aromatic carbocycles. The summed E-state index contributed by atoms with van der Waals surface area (Å²) in [5.41, 5.74) is 2.92. The fourth-order valence-electron chi connectivity index (χ4n) is 5.42. The van der Waals surface area contributed by atoms with Gasteiger partial charge >= 0.3 is 0 Å². The van der Waals surface area contributed by atoms with Crippen LogP contribution in [0.3, 0.4) is 0 Å². The summed E-state index contributed by atoms with van der Waals surface area (Å²) in [7, 11) is -3.94. The van der Waals surface area contributed by atoms with Gasteiger partial charge in [0.1, 0.15) is 5.82 Å². The van der Waals surface area contributed by atoms with Crippen LogP contribution in [0.1, 0.15) is 49.8 Å². The molecule has 1 saturated carbocycles. The molecule has 5 rings (SSSR count). The van der Waals surface area contributed by atoms with Crippen LogP contribution in [0.4, 0.5) is 10.1 Å². The number of halogens is 2. The van der Waals surface area contributed by atoms with Gasteiger partial charge in [-0.25, -0.2) is 17.8 Å². The van der Waals surface area contributed by atoms with E-state index in [0.29, 0.717) is 19.0 Å². The number of rotatable bonds is 7. The number of anilines is 1. The summed E-state index contributed by atoms with van der Waals surface area (Å²) in [4.78, 5) is 9.61. The predicted molar refractivity (Wildman–Crippen MR) is 135 cm³/mol. The lowest BCUT2D eigenvalue weighted by atomic mass is 9.97. The van der Waals surface area contributed by atoms with Crippen molar-refractivity contribution in [1.82, 2.24) is 14.3 Å². The Morgan fingerprint density at radius 1 is 1.11 bits per heavy atom. The average Bonchev–Trinajstić information content (AvgIpc) is 3.53. The molecule has 3 aromatic rings. The predicted octanol–water partition coefficient (Wildman–Crippen LogP) is 5.75. The third kappa shape index (κ3) is 5.25. The van der Waals surface area contributed by atoms with Gasteiger partial charge in [-0.05, 0) is 48.6 Å². The molecule has 186 valence electrons. The summed E-state index contributed by atoms with van der Waals surface area (Å²) in [6, 6.07) is 11.6. The van der Waals surface area contributed by atoms with Gasteiger partial charge in [0.25, 0.3) is 0 Å². The standard InChI is InChI=1S/C26H30ClFN4O2S/c27-24-12-11-23(13-25(24)28)35(33,34)31-15-20-7-3-4-8-26(20)32(16-21-14-29-18-30-21)22(17-31)10-9-19-5-1-2-6-19/h3-4,7-8,11-14,18-19,22H,1-2,5-6,9-10,15-17H2,(H,29,30)/t22-/m0/s1. The minimum Gasteiger partial charge on any atom is -0.361 e. The molecular formula is C26H30ClFN4O2S. The van der Waals surface area contributed by atoms with Crippen LogP contribution in [0, 0.1) is 11.7 Å². The highest BCUT2D eigenvalue weighted by molar-refractivity contribution is 7.89. The second kappa shape index (κ2) is 10.3. The second-order valence-corrected chi connectivity index (χ2v) is 11.9. The number of sulfonamides is 1. The third-order valence-electron chi connectivity index (χ3n) is 7.31. The van der Waals surface area contributed by atoms with E-state index in [1.165, 1.54) is 42.1 Å². The Labute approximate surface area is 211 Å². The molecule has 1 atom stereocenters. The summed E-state index contributed by atoms with van der Waals surface area (Å²) in [6.07, 6.45) is 10.5. The molecule has 0 unspecified atom stereocenters. The first-order chi connectivity index (χ1) is 16.9. The third-order valence-corrected chi connectivity index (χ3v) is 9.42. The molecule has 0 bridgehead atoms. The van der Waals surface area contributed by atoms with Gasteiger partial charge in [0, 0.05) is 31.0 Å². The highest BCUT2D eigenvalue weighted by Gasteiger charge is 2.35. The summed E-state index contributed by atoms with van der Waals surface area (Å²) in [6.45, 7) is 1.15. The largest absolute Gasteiger partial charge is 0.361 e. The van der Waals surface area contributed by atoms with Gasteiger partial charge in [0.05, 0.1) is 28.5 Å². The second-order valence-electron chi connectivity index (χ2n) is 9.59. The maximum Gasteiger partial charge on any atom is 0.243 e. The van der Waals surface area contributed by atoms with Crippen molar-refractivity contribution in [3.05, 3.63) is 77.1 Å². The van der Waals surface area contributed by atoms with E-state index in [1.807, 2.05) is 24.4 Å². The lowest BCUT2D eigenvalue weighted by Gasteiger charge is -2.34. The van der Waals surface area contributed by atoms with Crippen molar-refractivity contribution < 1.29 is 12.8 Å². The SMILES string of the molecule is O=S(=O)(c1ccc(Cl)c(F)c1)N1Cc2ccccc2N(Cc2cnc[nH]2)[C@@H](CCC2CCCC2)C1. The molecule has 1 fully saturated rings. The van der Waals surface area contributed by atoms with Gasteiger partial charge in [-0.1, -0.05) is 55.5 Å². The number of aromatic nitrogens is 2. The van der Waals surface area contributed by atoms with E-state index in [-0.39, 0.29) is 22.5 Å². The van der Waals surface area contributed by atoms with E-state index >= 15 is 0 Å². The molecule has 1 aliphatic carbocycles. The molecule has 1 aliphatic heterocycles. The molecule has 9 heteroatoms. The van der Waals surface area contributed by atoms with Gasteiger partial charge < -0.3 is 9.88 Å². The molecular weight excluding hydrogens is 487 g/mol. The maximum atomic E-state index is 14.2. The van der Waals surface area contributed by atoms with Crippen molar-refractivity contribution in [2.45, 2.75) is 62.6 Å². The maximum absolute atomic E-state index is 14.2. The first kappa shape index (κ1) is 24.3. The average molecular weight is 517 g/mol. The van der Waals surface area contributed by atoms with Gasteiger partial charge in [-0.2, -0.15) is 4.31 Å². The summed E-state index contributed by atoms with van der Waals surface area (Å²) in [5, 5.41) is -0.0923. The van der Waals surface area contributed by atoms with E-state index in [0.717, 1.165) is 35.9 Å². The Balaban J connectivity index is 1.52. The van der Waals surface area contributed by atoms with Crippen molar-refractivity contribution in [2.75, 3.05) is 11.4 Å². The number of aromatic amines is 1. The summed E-state index contributed by atoms with van der Waals surface area (Å²) < 4.78 is 43.2. The topological polar surface area (TPSA) is 69.3 Å². The van der Waals surface area contributed by atoms with E-state index < -0.39 is 15.8 Å². The number of hydrogen-bond donors (Lipinski definition) is 1. The number of hydrogen-bond acceptors (Lipinski definition) is 4. The summed E-state index contributed by atoms with van der Waals surface area (Å²) in [5.74, 6) is -0.0421. The zero-order chi connectivity index (χ0) is 24.4. The van der Waals surface area contributed by atoms with Crippen molar-refractivity contribution in [1.29, 1.82) is 0 Å². The van der Waals surface area contributed by atoms with Crippen LogP contribution in [-0.4, -0.2) is 35.3 Å². The smallest absolute Gasteiger partial charge is 0.243 e. The lowest BCUT2D eigenvalue weighted by molar-refractivity contribution is 0.350. The molecule has 1 N–H and O–H groups in total. The zero-order valence-electron chi connectivity index (χ0n) is 19.5. The molecule has 2 heterocycles. The van der Waals surface area contributed by atoms with Crippen LogP contribution in [0.15, 0.2) is 59.9 Å². The number of para-hydroxylation sites is 1. The van der Waals surface area contributed by atoms with Crippen molar-refractivity contribution in [2.24, 2.45) is 5.92 Å². The fourth-order valence-corrected chi connectivity index (χ4v) is 7.01. The Kier molecular flexibility index (Phi) is 7.14. The number of fused-ring (bicyclic) bond motifs is 1. The van der Waals surface area contributed by atoms with Crippen LogP contribution in [0.5, 0.6) is 0 Å². The van der Waals surface area contributed by atoms with Crippen molar-refractivity contribution in [3.63, 3.8) is 0 Å². The number of imidazole rings is 1. The van der Waals surface area contributed by atoms with Gasteiger partial charge in [-0.3, -0.25) is 0 Å². The molecule has 2 aliphatic rings.